The number of halogens is 1. The highest BCUT2D eigenvalue weighted by molar-refractivity contribution is 5.25. The molecule has 2 aliphatic heterocycles. The van der Waals surface area contributed by atoms with E-state index in [9.17, 15) is 9.18 Å². The van der Waals surface area contributed by atoms with Gasteiger partial charge in [0.1, 0.15) is 6.17 Å². The summed E-state index contributed by atoms with van der Waals surface area (Å²) in [5, 5.41) is 4.28. The number of aromatic nitrogens is 3. The molecule has 2 fully saturated rings. The van der Waals surface area contributed by atoms with Crippen molar-refractivity contribution in [2.75, 3.05) is 25.5 Å². The lowest BCUT2D eigenvalue weighted by Crippen LogP contribution is -2.48. The summed E-state index contributed by atoms with van der Waals surface area (Å²) in [7, 11) is 5.31. The minimum atomic E-state index is -1.13. The molecule has 2 aromatic rings. The number of fused-ring (bicyclic) bond motifs is 2. The lowest BCUT2D eigenvalue weighted by atomic mass is 9.99. The Bertz CT molecular complexity index is 942. The van der Waals surface area contributed by atoms with Crippen LogP contribution >= 0.6 is 0 Å². The van der Waals surface area contributed by atoms with Gasteiger partial charge in [-0.05, 0) is 38.2 Å². The predicted octanol–water partition coefficient (Wildman–Crippen LogP) is 2.51. The van der Waals surface area contributed by atoms with Crippen LogP contribution in [0.2, 0.25) is 0 Å². The van der Waals surface area contributed by atoms with Crippen molar-refractivity contribution in [2.45, 2.75) is 70.1 Å². The van der Waals surface area contributed by atoms with Gasteiger partial charge in [0, 0.05) is 39.8 Å². The van der Waals surface area contributed by atoms with Crippen LogP contribution in [0.5, 0.6) is 0 Å². The maximum Gasteiger partial charge on any atom is 0.347 e. The Kier molecular flexibility index (Phi) is 6.48. The molecule has 31 heavy (non-hydrogen) atoms. The smallest absolute Gasteiger partial charge is 0.347 e. The summed E-state index contributed by atoms with van der Waals surface area (Å²) < 4.78 is 23.9. The predicted molar refractivity (Wildman–Crippen MR) is 119 cm³/mol. The van der Waals surface area contributed by atoms with Crippen LogP contribution in [0.25, 0.3) is 0 Å². The number of ether oxygens (including phenoxy) is 1. The standard InChI is InChI=1S/C23H34FN5O2/c1-16-6-5-7-17(10-16)15-31-21-11-19-8-9-20(12-21)28(19)13-18(24)14-29-23(30)27(4)22(25-29)26(2)3/h5-7,10,18-21H,8-9,11-15H2,1-4H3. The monoisotopic (exact) mass is 431 g/mol. The number of nitrogens with zero attached hydrogens (tertiary/aromatic N) is 5. The summed E-state index contributed by atoms with van der Waals surface area (Å²) in [5.74, 6) is 0.531. The minimum absolute atomic E-state index is 0.0102. The second-order valence-corrected chi connectivity index (χ2v) is 9.29. The molecular formula is C23H34FN5O2. The molecule has 0 saturated carbocycles. The molecule has 7 nitrogen and oxygen atoms in total. The van der Waals surface area contributed by atoms with Crippen LogP contribution in [0.4, 0.5) is 10.3 Å². The van der Waals surface area contributed by atoms with Crippen molar-refractivity contribution < 1.29 is 9.13 Å². The van der Waals surface area contributed by atoms with E-state index in [1.807, 2.05) is 14.1 Å². The highest BCUT2D eigenvalue weighted by atomic mass is 19.1. The van der Waals surface area contributed by atoms with Crippen LogP contribution in [0, 0.1) is 6.92 Å². The molecule has 0 amide bonds. The molecule has 0 N–H and O–H groups in total. The molecule has 1 aromatic heterocycles. The van der Waals surface area contributed by atoms with Crippen molar-refractivity contribution in [1.29, 1.82) is 0 Å². The van der Waals surface area contributed by atoms with E-state index in [2.05, 4.69) is 41.2 Å². The van der Waals surface area contributed by atoms with Gasteiger partial charge in [-0.3, -0.25) is 9.47 Å². The van der Waals surface area contributed by atoms with Gasteiger partial charge >= 0.3 is 5.69 Å². The van der Waals surface area contributed by atoms with Crippen LogP contribution in [0.3, 0.4) is 0 Å². The topological polar surface area (TPSA) is 55.5 Å². The second-order valence-electron chi connectivity index (χ2n) is 9.29. The van der Waals surface area contributed by atoms with E-state index in [4.69, 9.17) is 4.74 Å². The van der Waals surface area contributed by atoms with Crippen LogP contribution in [-0.2, 0) is 24.9 Å². The maximum absolute atomic E-state index is 15.0. The molecule has 170 valence electrons. The first-order valence-corrected chi connectivity index (χ1v) is 11.2. The fourth-order valence-corrected chi connectivity index (χ4v) is 5.13. The molecule has 3 atom stereocenters. The Hall–Kier alpha value is -2.19. The lowest BCUT2D eigenvalue weighted by Gasteiger charge is -2.39. The molecule has 3 unspecified atom stereocenters. The lowest BCUT2D eigenvalue weighted by molar-refractivity contribution is -0.0342. The van der Waals surface area contributed by atoms with Crippen molar-refractivity contribution in [3.05, 3.63) is 45.9 Å². The average Bonchev–Trinajstić information content (AvgIpc) is 3.12. The first-order chi connectivity index (χ1) is 14.8. The molecule has 8 heteroatoms. The molecule has 1 aromatic carbocycles. The summed E-state index contributed by atoms with van der Waals surface area (Å²) in [4.78, 5) is 16.4. The van der Waals surface area contributed by atoms with Gasteiger partial charge in [-0.1, -0.05) is 29.8 Å². The van der Waals surface area contributed by atoms with Gasteiger partial charge in [-0.15, -0.1) is 5.10 Å². The first kappa shape index (κ1) is 22.0. The zero-order chi connectivity index (χ0) is 22.1. The van der Waals surface area contributed by atoms with Gasteiger partial charge in [0.15, 0.2) is 0 Å². The van der Waals surface area contributed by atoms with Gasteiger partial charge in [-0.25, -0.2) is 13.9 Å². The third kappa shape index (κ3) is 4.85. The van der Waals surface area contributed by atoms with Gasteiger partial charge in [0.25, 0.3) is 0 Å². The molecule has 0 spiro atoms. The molecular weight excluding hydrogens is 397 g/mol. The SMILES string of the molecule is Cc1cccc(COC2CC3CCC(C2)N3CC(F)Cn2nc(N(C)C)n(C)c2=O)c1. The Morgan fingerprint density at radius 1 is 1.23 bits per heavy atom. The Morgan fingerprint density at radius 2 is 1.94 bits per heavy atom. The minimum Gasteiger partial charge on any atom is -0.373 e. The Morgan fingerprint density at radius 3 is 2.55 bits per heavy atom. The fraction of sp³-hybridized carbons (Fsp3) is 0.652. The summed E-state index contributed by atoms with van der Waals surface area (Å²) in [6, 6.07) is 9.14. The number of aryl methyl sites for hydroxylation is 1. The summed E-state index contributed by atoms with van der Waals surface area (Å²) >= 11 is 0. The van der Waals surface area contributed by atoms with Crippen LogP contribution in [0.1, 0.15) is 36.8 Å². The van der Waals surface area contributed by atoms with Gasteiger partial charge < -0.3 is 9.64 Å². The Labute approximate surface area is 183 Å². The van der Waals surface area contributed by atoms with Crippen LogP contribution in [-0.4, -0.2) is 64.2 Å². The van der Waals surface area contributed by atoms with Gasteiger partial charge in [-0.2, -0.15) is 0 Å². The quantitative estimate of drug-likeness (QED) is 0.643. The number of alkyl halides is 1. The number of benzene rings is 1. The third-order valence-electron chi connectivity index (χ3n) is 6.61. The largest absolute Gasteiger partial charge is 0.373 e. The molecule has 3 heterocycles. The summed E-state index contributed by atoms with van der Waals surface area (Å²) in [6.45, 7) is 3.06. The van der Waals surface area contributed by atoms with Crippen molar-refractivity contribution >= 4 is 5.95 Å². The number of hydrogen-bond acceptors (Lipinski definition) is 5. The van der Waals surface area contributed by atoms with E-state index >= 15 is 0 Å². The fourth-order valence-electron chi connectivity index (χ4n) is 5.13. The molecule has 0 radical (unpaired) electrons. The van der Waals surface area contributed by atoms with Crippen LogP contribution < -0.4 is 10.6 Å². The highest BCUT2D eigenvalue weighted by Gasteiger charge is 2.42. The molecule has 2 saturated heterocycles. The first-order valence-electron chi connectivity index (χ1n) is 11.2. The molecule has 2 bridgehead atoms. The van der Waals surface area contributed by atoms with Crippen molar-refractivity contribution in [3.8, 4) is 0 Å². The van der Waals surface area contributed by atoms with Crippen molar-refractivity contribution in [2.24, 2.45) is 7.05 Å². The number of piperidine rings is 1. The van der Waals surface area contributed by atoms with Crippen LogP contribution in [0.15, 0.2) is 29.1 Å². The van der Waals surface area contributed by atoms with Gasteiger partial charge in [0.2, 0.25) is 5.95 Å². The number of hydrogen-bond donors (Lipinski definition) is 0. The zero-order valence-electron chi connectivity index (χ0n) is 19.0. The van der Waals surface area contributed by atoms with E-state index in [0.29, 0.717) is 31.2 Å². The molecule has 0 aliphatic carbocycles. The maximum atomic E-state index is 15.0. The summed E-state index contributed by atoms with van der Waals surface area (Å²) in [5.41, 5.74) is 2.17. The van der Waals surface area contributed by atoms with E-state index in [0.717, 1.165) is 25.7 Å². The number of rotatable bonds is 8. The van der Waals surface area contributed by atoms with E-state index < -0.39 is 6.17 Å². The average molecular weight is 432 g/mol. The van der Waals surface area contributed by atoms with Crippen molar-refractivity contribution in [3.63, 3.8) is 0 Å². The van der Waals surface area contributed by atoms with E-state index in [1.54, 1.807) is 11.9 Å². The Balaban J connectivity index is 1.32. The second kappa shape index (κ2) is 9.12. The van der Waals surface area contributed by atoms with E-state index in [-0.39, 0.29) is 18.3 Å². The normalized spacial score (nSPS) is 24.5. The molecule has 2 aliphatic rings. The highest BCUT2D eigenvalue weighted by Crippen LogP contribution is 2.37. The van der Waals surface area contributed by atoms with Gasteiger partial charge in [0.05, 0.1) is 19.3 Å². The van der Waals surface area contributed by atoms with Crippen molar-refractivity contribution in [1.82, 2.24) is 19.2 Å². The van der Waals surface area contributed by atoms with E-state index in [1.165, 1.54) is 20.4 Å². The molecule has 4 rings (SSSR count). The summed E-state index contributed by atoms with van der Waals surface area (Å²) in [6.07, 6.45) is 3.18. The number of anilines is 1. The zero-order valence-corrected chi connectivity index (χ0v) is 19.0. The third-order valence-corrected chi connectivity index (χ3v) is 6.61.